The fraction of sp³-hybridized carbons (Fsp3) is 0.667. The highest BCUT2D eigenvalue weighted by molar-refractivity contribution is 5.77. The van der Waals surface area contributed by atoms with Crippen LogP contribution in [-0.2, 0) is 9.53 Å². The summed E-state index contributed by atoms with van der Waals surface area (Å²) in [5.41, 5.74) is 1.23. The van der Waals surface area contributed by atoms with E-state index in [0.717, 1.165) is 25.9 Å². The van der Waals surface area contributed by atoms with Gasteiger partial charge in [-0.05, 0) is 50.9 Å². The summed E-state index contributed by atoms with van der Waals surface area (Å²) in [7, 11) is 4.02. The first-order valence-corrected chi connectivity index (χ1v) is 8.48. The number of likely N-dealkylation sites (tertiary alicyclic amines) is 1. The van der Waals surface area contributed by atoms with E-state index in [-0.39, 0.29) is 18.6 Å². The third-order valence-electron chi connectivity index (χ3n) is 4.80. The molecule has 1 aromatic heterocycles. The van der Waals surface area contributed by atoms with E-state index in [1.807, 2.05) is 31.1 Å². The van der Waals surface area contributed by atoms with E-state index in [1.54, 1.807) is 6.20 Å². The predicted molar refractivity (Wildman–Crippen MR) is 91.1 cm³/mol. The molecule has 0 spiro atoms. The molecule has 1 aliphatic heterocycles. The number of aromatic nitrogens is 1. The number of amides is 1. The maximum atomic E-state index is 12.3. The van der Waals surface area contributed by atoms with Crippen molar-refractivity contribution in [3.63, 3.8) is 0 Å². The summed E-state index contributed by atoms with van der Waals surface area (Å²) in [6, 6.07) is 4.43. The Morgan fingerprint density at radius 1 is 1.57 bits per heavy atom. The number of nitrogens with zero attached hydrogens (tertiary/aromatic N) is 3. The van der Waals surface area contributed by atoms with Crippen LogP contribution in [0.3, 0.4) is 0 Å². The second kappa shape index (κ2) is 8.41. The minimum atomic E-state index is 0.0600. The number of carbonyl (C=O) groups is 1. The molecule has 0 aromatic carbocycles. The Morgan fingerprint density at radius 3 is 3.00 bits per heavy atom. The molecule has 0 radical (unpaired) electrons. The molecule has 5 nitrogen and oxygen atoms in total. The first kappa shape index (κ1) is 17.9. The first-order chi connectivity index (χ1) is 11.0. The molecule has 0 N–H and O–H groups in total. The van der Waals surface area contributed by atoms with Crippen LogP contribution in [0.1, 0.15) is 38.3 Å². The molecular weight excluding hydrogens is 290 g/mol. The van der Waals surface area contributed by atoms with Crippen LogP contribution in [0.2, 0.25) is 0 Å². The van der Waals surface area contributed by atoms with E-state index >= 15 is 0 Å². The highest BCUT2D eigenvalue weighted by Crippen LogP contribution is 2.36. The zero-order chi connectivity index (χ0) is 16.8. The van der Waals surface area contributed by atoms with Crippen molar-refractivity contribution in [1.29, 1.82) is 0 Å². The Labute approximate surface area is 139 Å². The first-order valence-electron chi connectivity index (χ1n) is 8.48. The number of hydrogen-bond donors (Lipinski definition) is 0. The summed E-state index contributed by atoms with van der Waals surface area (Å²) in [5, 5.41) is 0. The van der Waals surface area contributed by atoms with Crippen LogP contribution < -0.4 is 0 Å². The van der Waals surface area contributed by atoms with Crippen LogP contribution in [0.15, 0.2) is 24.5 Å². The normalized spacial score (nSPS) is 23.0. The standard InChI is InChI=1S/C18H29N3O2/c1-5-14(2)23-13-17(22)21(4)12-16-8-10-20(3)18(16)15-7-6-9-19-11-15/h6-7,9,11,14,16,18H,5,8,10,12-13H2,1-4H3/t14-,16-,18-/m0/s1. The molecule has 1 fully saturated rings. The van der Waals surface area contributed by atoms with Crippen molar-refractivity contribution in [2.24, 2.45) is 5.92 Å². The molecule has 23 heavy (non-hydrogen) atoms. The van der Waals surface area contributed by atoms with Crippen LogP contribution in [0.25, 0.3) is 0 Å². The largest absolute Gasteiger partial charge is 0.369 e. The molecule has 0 bridgehead atoms. The molecule has 2 heterocycles. The average Bonchev–Trinajstić information content (AvgIpc) is 2.93. The Bertz CT molecular complexity index is 494. The van der Waals surface area contributed by atoms with E-state index in [2.05, 4.69) is 29.9 Å². The number of rotatable bonds is 7. The lowest BCUT2D eigenvalue weighted by Gasteiger charge is -2.29. The lowest BCUT2D eigenvalue weighted by molar-refractivity contribution is -0.137. The van der Waals surface area contributed by atoms with E-state index in [1.165, 1.54) is 5.56 Å². The number of ether oxygens (including phenoxy) is 1. The molecule has 3 atom stereocenters. The molecule has 0 saturated carbocycles. The quantitative estimate of drug-likeness (QED) is 0.774. The molecule has 2 rings (SSSR count). The zero-order valence-electron chi connectivity index (χ0n) is 14.7. The topological polar surface area (TPSA) is 45.7 Å². The van der Waals surface area contributed by atoms with Crippen molar-refractivity contribution >= 4 is 5.91 Å². The van der Waals surface area contributed by atoms with Crippen molar-refractivity contribution in [2.45, 2.75) is 38.8 Å². The number of likely N-dealkylation sites (N-methyl/N-ethyl adjacent to an activating group) is 1. The number of hydrogen-bond acceptors (Lipinski definition) is 4. The van der Waals surface area contributed by atoms with Crippen LogP contribution in [0.5, 0.6) is 0 Å². The highest BCUT2D eigenvalue weighted by atomic mass is 16.5. The van der Waals surface area contributed by atoms with Crippen molar-refractivity contribution < 1.29 is 9.53 Å². The third kappa shape index (κ3) is 4.75. The van der Waals surface area contributed by atoms with Gasteiger partial charge >= 0.3 is 0 Å². The van der Waals surface area contributed by atoms with E-state index in [4.69, 9.17) is 4.74 Å². The van der Waals surface area contributed by atoms with Crippen molar-refractivity contribution in [1.82, 2.24) is 14.8 Å². The molecule has 0 unspecified atom stereocenters. The van der Waals surface area contributed by atoms with Gasteiger partial charge in [0.05, 0.1) is 6.10 Å². The lowest BCUT2D eigenvalue weighted by atomic mass is 9.94. The minimum Gasteiger partial charge on any atom is -0.369 e. The summed E-state index contributed by atoms with van der Waals surface area (Å²) < 4.78 is 5.56. The highest BCUT2D eigenvalue weighted by Gasteiger charge is 2.34. The number of pyridine rings is 1. The maximum Gasteiger partial charge on any atom is 0.248 e. The molecule has 1 amide bonds. The third-order valence-corrected chi connectivity index (χ3v) is 4.80. The van der Waals surface area contributed by atoms with E-state index < -0.39 is 0 Å². The van der Waals surface area contributed by atoms with Gasteiger partial charge in [0.2, 0.25) is 5.91 Å². The fourth-order valence-electron chi connectivity index (χ4n) is 3.19. The van der Waals surface area contributed by atoms with Gasteiger partial charge in [0.1, 0.15) is 6.61 Å². The van der Waals surface area contributed by atoms with Crippen LogP contribution in [0.4, 0.5) is 0 Å². The van der Waals surface area contributed by atoms with Gasteiger partial charge < -0.3 is 9.64 Å². The molecular formula is C18H29N3O2. The van der Waals surface area contributed by atoms with Gasteiger partial charge in [-0.1, -0.05) is 13.0 Å². The van der Waals surface area contributed by atoms with E-state index in [9.17, 15) is 4.79 Å². The minimum absolute atomic E-state index is 0.0600. The van der Waals surface area contributed by atoms with Gasteiger partial charge in [-0.2, -0.15) is 0 Å². The summed E-state index contributed by atoms with van der Waals surface area (Å²) in [6.07, 6.45) is 5.89. The second-order valence-electron chi connectivity index (χ2n) is 6.56. The van der Waals surface area contributed by atoms with Crippen LogP contribution in [0, 0.1) is 5.92 Å². The van der Waals surface area contributed by atoms with Crippen LogP contribution >= 0.6 is 0 Å². The Morgan fingerprint density at radius 2 is 2.35 bits per heavy atom. The Balaban J connectivity index is 1.94. The van der Waals surface area contributed by atoms with Crippen molar-refractivity contribution in [2.75, 3.05) is 33.8 Å². The van der Waals surface area contributed by atoms with Crippen LogP contribution in [-0.4, -0.2) is 60.6 Å². The monoisotopic (exact) mass is 319 g/mol. The summed E-state index contributed by atoms with van der Waals surface area (Å²) in [5.74, 6) is 0.492. The summed E-state index contributed by atoms with van der Waals surface area (Å²) in [6.45, 7) is 6.04. The Kier molecular flexibility index (Phi) is 6.54. The van der Waals surface area contributed by atoms with Crippen molar-refractivity contribution in [3.8, 4) is 0 Å². The molecule has 128 valence electrons. The van der Waals surface area contributed by atoms with Gasteiger partial charge in [-0.25, -0.2) is 0 Å². The summed E-state index contributed by atoms with van der Waals surface area (Å²) >= 11 is 0. The molecule has 1 saturated heterocycles. The van der Waals surface area contributed by atoms with Gasteiger partial charge in [-0.15, -0.1) is 0 Å². The van der Waals surface area contributed by atoms with Crippen molar-refractivity contribution in [3.05, 3.63) is 30.1 Å². The zero-order valence-corrected chi connectivity index (χ0v) is 14.7. The second-order valence-corrected chi connectivity index (χ2v) is 6.56. The molecule has 1 aliphatic rings. The summed E-state index contributed by atoms with van der Waals surface area (Å²) in [4.78, 5) is 20.7. The lowest BCUT2D eigenvalue weighted by Crippen LogP contribution is -2.37. The van der Waals surface area contributed by atoms with E-state index in [0.29, 0.717) is 12.0 Å². The fourth-order valence-corrected chi connectivity index (χ4v) is 3.19. The van der Waals surface area contributed by atoms with Gasteiger partial charge in [0.25, 0.3) is 0 Å². The maximum absolute atomic E-state index is 12.3. The number of carbonyl (C=O) groups excluding carboxylic acids is 1. The van der Waals surface area contributed by atoms with Gasteiger partial charge in [-0.3, -0.25) is 14.7 Å². The molecule has 5 heteroatoms. The van der Waals surface area contributed by atoms with Gasteiger partial charge in [0.15, 0.2) is 0 Å². The smallest absolute Gasteiger partial charge is 0.248 e. The molecule has 0 aliphatic carbocycles. The SMILES string of the molecule is CC[C@H](C)OCC(=O)N(C)C[C@@H]1CCN(C)[C@H]1c1cccnc1. The molecule has 1 aromatic rings. The predicted octanol–water partition coefficient (Wildman–Crippen LogP) is 2.35. The van der Waals surface area contributed by atoms with Gasteiger partial charge in [0, 0.05) is 32.0 Å². The Hall–Kier alpha value is -1.46. The average molecular weight is 319 g/mol.